The fraction of sp³-hybridized carbons (Fsp3) is 0.711. The highest BCUT2D eigenvalue weighted by atomic mass is 16.6. The summed E-state index contributed by atoms with van der Waals surface area (Å²) in [5.41, 5.74) is 6.96. The minimum atomic E-state index is -0.925. The Labute approximate surface area is 308 Å². The maximum atomic E-state index is 14.7. The Hall–Kier alpha value is -3.75. The molecule has 14 nitrogen and oxygen atoms in total. The summed E-state index contributed by atoms with van der Waals surface area (Å²) < 4.78 is 16.2. The number of carbonyl (C=O) groups excluding carboxylic acids is 5. The Bertz CT molecular complexity index is 1380. The van der Waals surface area contributed by atoms with E-state index in [1.807, 2.05) is 18.2 Å². The molecular weight excluding hydrogens is 668 g/mol. The third kappa shape index (κ3) is 11.6. The minimum Gasteiger partial charge on any atom is -0.444 e. The van der Waals surface area contributed by atoms with Gasteiger partial charge in [0.2, 0.25) is 23.6 Å². The molecule has 1 heterocycles. The molecule has 3 aliphatic rings. The van der Waals surface area contributed by atoms with Gasteiger partial charge in [0.1, 0.15) is 30.3 Å². The van der Waals surface area contributed by atoms with Gasteiger partial charge in [0.25, 0.3) is 0 Å². The van der Waals surface area contributed by atoms with E-state index in [4.69, 9.17) is 19.9 Å². The lowest BCUT2D eigenvalue weighted by molar-refractivity contribution is -0.143. The molecule has 0 unspecified atom stereocenters. The van der Waals surface area contributed by atoms with Gasteiger partial charge in [-0.05, 0) is 83.3 Å². The van der Waals surface area contributed by atoms with E-state index in [2.05, 4.69) is 22.0 Å². The standard InChI is InChI=1S/C38H60N6O8/c1-25(43(5)37(49)52-38(2,3)4)34(46)42-33(27-13-7-6-8-14-27)36(48)44-23-28(40-32(45)24-51-21-20-50-19-18-39)22-31(44)35(47)41-30-17-11-15-26-12-9-10-16-29(26)30/h9-10,12,16,25,27-28,30-31,33H,6-8,11,13-15,17-24,39H2,1-5H3,(H,40,45)(H,41,47)(H,42,46)/t25-,28-,30+,31-,33-/m0/s1. The normalized spacial score (nSPS) is 21.7. The zero-order valence-electron chi connectivity index (χ0n) is 31.6. The summed E-state index contributed by atoms with van der Waals surface area (Å²) in [6.07, 6.45) is 6.55. The van der Waals surface area contributed by atoms with Crippen molar-refractivity contribution in [3.05, 3.63) is 35.4 Å². The number of ether oxygens (including phenoxy) is 3. The van der Waals surface area contributed by atoms with Crippen LogP contribution in [0.4, 0.5) is 4.79 Å². The van der Waals surface area contributed by atoms with Crippen molar-refractivity contribution in [2.24, 2.45) is 11.7 Å². The second-order valence-corrected chi connectivity index (χ2v) is 15.3. The number of aryl methyl sites for hydroxylation is 1. The number of carbonyl (C=O) groups is 5. The van der Waals surface area contributed by atoms with Crippen LogP contribution in [-0.2, 0) is 39.8 Å². The number of fused-ring (bicyclic) bond motifs is 1. The Morgan fingerprint density at radius 1 is 0.962 bits per heavy atom. The summed E-state index contributed by atoms with van der Waals surface area (Å²) in [7, 11) is 1.49. The van der Waals surface area contributed by atoms with E-state index in [1.165, 1.54) is 22.4 Å². The molecule has 0 spiro atoms. The summed E-state index contributed by atoms with van der Waals surface area (Å²) in [5.74, 6) is -1.68. The van der Waals surface area contributed by atoms with Crippen molar-refractivity contribution in [3.63, 3.8) is 0 Å². The van der Waals surface area contributed by atoms with E-state index < -0.39 is 41.8 Å². The smallest absolute Gasteiger partial charge is 0.410 e. The molecule has 5 N–H and O–H groups in total. The van der Waals surface area contributed by atoms with Gasteiger partial charge in [0.15, 0.2) is 0 Å². The van der Waals surface area contributed by atoms with Gasteiger partial charge in [-0.1, -0.05) is 43.5 Å². The summed E-state index contributed by atoms with van der Waals surface area (Å²) in [4.78, 5) is 71.0. The van der Waals surface area contributed by atoms with Gasteiger partial charge < -0.3 is 40.8 Å². The number of hydrogen-bond acceptors (Lipinski definition) is 9. The topological polar surface area (TPSA) is 182 Å². The van der Waals surface area contributed by atoms with Crippen molar-refractivity contribution in [2.45, 2.75) is 121 Å². The molecule has 1 saturated carbocycles. The monoisotopic (exact) mass is 728 g/mol. The molecule has 290 valence electrons. The summed E-state index contributed by atoms with van der Waals surface area (Å²) >= 11 is 0. The maximum Gasteiger partial charge on any atom is 0.410 e. The van der Waals surface area contributed by atoms with Gasteiger partial charge in [0, 0.05) is 26.2 Å². The van der Waals surface area contributed by atoms with Crippen molar-refractivity contribution in [2.75, 3.05) is 46.6 Å². The molecular formula is C38H60N6O8. The maximum absolute atomic E-state index is 14.7. The molecule has 1 saturated heterocycles. The van der Waals surface area contributed by atoms with E-state index in [9.17, 15) is 24.0 Å². The molecule has 2 aliphatic carbocycles. The number of benzene rings is 1. The lowest BCUT2D eigenvalue weighted by atomic mass is 9.83. The van der Waals surface area contributed by atoms with Crippen molar-refractivity contribution >= 4 is 29.7 Å². The van der Waals surface area contributed by atoms with Gasteiger partial charge in [-0.25, -0.2) is 4.79 Å². The predicted octanol–water partition coefficient (Wildman–Crippen LogP) is 2.58. The molecule has 1 aromatic rings. The first kappa shape index (κ1) is 41.0. The molecule has 14 heteroatoms. The number of hydrogen-bond donors (Lipinski definition) is 4. The van der Waals surface area contributed by atoms with Crippen LogP contribution in [0.25, 0.3) is 0 Å². The predicted molar refractivity (Wildman–Crippen MR) is 195 cm³/mol. The number of amides is 5. The van der Waals surface area contributed by atoms with Crippen LogP contribution in [0, 0.1) is 5.92 Å². The largest absolute Gasteiger partial charge is 0.444 e. The molecule has 4 rings (SSSR count). The van der Waals surface area contributed by atoms with E-state index in [0.29, 0.717) is 19.8 Å². The zero-order valence-corrected chi connectivity index (χ0v) is 31.6. The van der Waals surface area contributed by atoms with Crippen LogP contribution in [0.1, 0.15) is 96.2 Å². The molecule has 0 radical (unpaired) electrons. The molecule has 5 amide bonds. The number of nitrogens with zero attached hydrogens (tertiary/aromatic N) is 2. The summed E-state index contributed by atoms with van der Waals surface area (Å²) in [5, 5.41) is 9.15. The van der Waals surface area contributed by atoms with Gasteiger partial charge in [-0.3, -0.25) is 24.1 Å². The second-order valence-electron chi connectivity index (χ2n) is 15.3. The summed E-state index contributed by atoms with van der Waals surface area (Å²) in [6, 6.07) is 4.65. The highest BCUT2D eigenvalue weighted by molar-refractivity contribution is 5.94. The molecule has 52 heavy (non-hydrogen) atoms. The molecule has 0 aromatic heterocycles. The minimum absolute atomic E-state index is 0.0932. The number of nitrogens with one attached hydrogen (secondary N) is 3. The molecule has 0 bridgehead atoms. The van der Waals surface area contributed by atoms with Crippen molar-refractivity contribution in [1.29, 1.82) is 0 Å². The third-order valence-corrected chi connectivity index (χ3v) is 10.1. The Morgan fingerprint density at radius 3 is 2.38 bits per heavy atom. The Kier molecular flexibility index (Phi) is 15.3. The first-order valence-corrected chi connectivity index (χ1v) is 18.9. The molecule has 1 aromatic carbocycles. The molecule has 2 fully saturated rings. The van der Waals surface area contributed by atoms with Crippen molar-refractivity contribution < 1.29 is 38.2 Å². The van der Waals surface area contributed by atoms with Crippen LogP contribution in [0.3, 0.4) is 0 Å². The highest BCUT2D eigenvalue weighted by Crippen LogP contribution is 2.32. The van der Waals surface area contributed by atoms with Crippen LogP contribution in [0.5, 0.6) is 0 Å². The molecule has 1 aliphatic heterocycles. The van der Waals surface area contributed by atoms with Gasteiger partial charge in [0.05, 0.1) is 25.9 Å². The fourth-order valence-electron chi connectivity index (χ4n) is 7.31. The van der Waals surface area contributed by atoms with E-state index in [1.54, 1.807) is 27.7 Å². The van der Waals surface area contributed by atoms with Gasteiger partial charge in [-0.2, -0.15) is 0 Å². The summed E-state index contributed by atoms with van der Waals surface area (Å²) in [6.45, 7) is 8.06. The average Bonchev–Trinajstić information content (AvgIpc) is 3.54. The van der Waals surface area contributed by atoms with Crippen LogP contribution >= 0.6 is 0 Å². The quantitative estimate of drug-likeness (QED) is 0.198. The van der Waals surface area contributed by atoms with E-state index in [0.717, 1.165) is 56.9 Å². The van der Waals surface area contributed by atoms with E-state index >= 15 is 0 Å². The highest BCUT2D eigenvalue weighted by Gasteiger charge is 2.45. The number of likely N-dealkylation sites (N-methyl/N-ethyl adjacent to an activating group) is 1. The third-order valence-electron chi connectivity index (χ3n) is 10.1. The van der Waals surface area contributed by atoms with Crippen LogP contribution < -0.4 is 21.7 Å². The first-order valence-electron chi connectivity index (χ1n) is 18.9. The zero-order chi connectivity index (χ0) is 37.8. The number of nitrogens with two attached hydrogens (primary N) is 1. The number of rotatable bonds is 15. The average molecular weight is 729 g/mol. The van der Waals surface area contributed by atoms with Gasteiger partial charge in [-0.15, -0.1) is 0 Å². The Morgan fingerprint density at radius 2 is 1.67 bits per heavy atom. The first-order chi connectivity index (χ1) is 24.8. The van der Waals surface area contributed by atoms with Crippen LogP contribution in [0.15, 0.2) is 24.3 Å². The lowest BCUT2D eigenvalue weighted by Gasteiger charge is -2.36. The van der Waals surface area contributed by atoms with Crippen molar-refractivity contribution in [1.82, 2.24) is 25.8 Å². The van der Waals surface area contributed by atoms with Gasteiger partial charge >= 0.3 is 6.09 Å². The SMILES string of the molecule is C[C@@H](C(=O)N[C@H](C(=O)N1C[C@@H](NC(=O)COCCOCCN)C[C@H]1C(=O)N[C@@H]1CCCc2ccccc21)C1CCCCC1)N(C)C(=O)OC(C)(C)C. The molecule has 5 atom stereocenters. The van der Waals surface area contributed by atoms with Crippen molar-refractivity contribution in [3.8, 4) is 0 Å². The van der Waals surface area contributed by atoms with E-state index in [-0.39, 0.29) is 55.9 Å². The second kappa shape index (κ2) is 19.4. The lowest BCUT2D eigenvalue weighted by Crippen LogP contribution is -2.59. The fourth-order valence-corrected chi connectivity index (χ4v) is 7.31. The van der Waals surface area contributed by atoms with Crippen LogP contribution in [0.2, 0.25) is 0 Å². The number of likely N-dealkylation sites (tertiary alicyclic amines) is 1. The van der Waals surface area contributed by atoms with Crippen LogP contribution in [-0.4, -0.2) is 116 Å². The Balaban J connectivity index is 1.53.